The third-order valence-electron chi connectivity index (χ3n) is 4.61. The van der Waals surface area contributed by atoms with Gasteiger partial charge in [0.1, 0.15) is 6.04 Å². The van der Waals surface area contributed by atoms with E-state index in [4.69, 9.17) is 4.74 Å². The van der Waals surface area contributed by atoms with E-state index in [9.17, 15) is 9.59 Å². The molecule has 1 atom stereocenters. The van der Waals surface area contributed by atoms with Gasteiger partial charge in [-0.15, -0.1) is 0 Å². The van der Waals surface area contributed by atoms with Crippen LogP contribution in [0.2, 0.25) is 0 Å². The summed E-state index contributed by atoms with van der Waals surface area (Å²) in [4.78, 5) is 24.7. The Labute approximate surface area is 165 Å². The number of carbonyl (C=O) groups is 2. The number of benzene rings is 3. The van der Waals surface area contributed by atoms with Gasteiger partial charge in [0.05, 0.1) is 7.11 Å². The maximum atomic E-state index is 12.6. The van der Waals surface area contributed by atoms with E-state index in [1.165, 1.54) is 7.11 Å². The van der Waals surface area contributed by atoms with Crippen LogP contribution in [0.5, 0.6) is 0 Å². The Balaban J connectivity index is 1.66. The van der Waals surface area contributed by atoms with Crippen LogP contribution in [0, 0.1) is 0 Å². The van der Waals surface area contributed by atoms with Crippen molar-refractivity contribution in [3.63, 3.8) is 0 Å². The third-order valence-corrected chi connectivity index (χ3v) is 4.61. The van der Waals surface area contributed by atoms with Crippen LogP contribution in [0.1, 0.15) is 22.3 Å². The van der Waals surface area contributed by atoms with Crippen molar-refractivity contribution < 1.29 is 14.3 Å². The first-order valence-electron chi connectivity index (χ1n) is 9.25. The lowest BCUT2D eigenvalue weighted by molar-refractivity contribution is -0.143. The molecule has 4 nitrogen and oxygen atoms in total. The molecule has 0 fully saturated rings. The summed E-state index contributed by atoms with van der Waals surface area (Å²) in [6.45, 7) is 0. The lowest BCUT2D eigenvalue weighted by Crippen LogP contribution is -2.41. The fraction of sp³-hybridized carbons (Fsp3) is 0.167. The number of rotatable bonds is 7. The summed E-state index contributed by atoms with van der Waals surface area (Å²) in [5.74, 6) is -0.728. The second-order valence-electron chi connectivity index (χ2n) is 6.52. The first-order chi connectivity index (χ1) is 13.7. The van der Waals surface area contributed by atoms with Crippen molar-refractivity contribution in [3.8, 4) is 11.1 Å². The van der Waals surface area contributed by atoms with E-state index in [1.807, 2.05) is 72.8 Å². The number of ether oxygens (including phenoxy) is 1. The number of aryl methyl sites for hydroxylation is 1. The molecule has 0 saturated heterocycles. The van der Waals surface area contributed by atoms with Gasteiger partial charge in [-0.05, 0) is 41.7 Å². The normalized spacial score (nSPS) is 11.5. The molecule has 0 unspecified atom stereocenters. The van der Waals surface area contributed by atoms with Crippen LogP contribution in [0.4, 0.5) is 0 Å². The van der Waals surface area contributed by atoms with E-state index in [-0.39, 0.29) is 5.91 Å². The van der Waals surface area contributed by atoms with Crippen molar-refractivity contribution >= 4 is 11.9 Å². The molecule has 0 spiro atoms. The number of methoxy groups -OCH3 is 1. The zero-order valence-corrected chi connectivity index (χ0v) is 15.8. The number of hydrogen-bond acceptors (Lipinski definition) is 3. The van der Waals surface area contributed by atoms with Crippen molar-refractivity contribution in [3.05, 3.63) is 96.1 Å². The minimum atomic E-state index is -0.688. The summed E-state index contributed by atoms with van der Waals surface area (Å²) in [7, 11) is 1.33. The van der Waals surface area contributed by atoms with Crippen LogP contribution in [-0.4, -0.2) is 25.0 Å². The van der Waals surface area contributed by atoms with Crippen LogP contribution < -0.4 is 5.32 Å². The van der Waals surface area contributed by atoms with Gasteiger partial charge in [-0.2, -0.15) is 0 Å². The molecule has 0 saturated carbocycles. The molecule has 28 heavy (non-hydrogen) atoms. The first kappa shape index (κ1) is 19.4. The lowest BCUT2D eigenvalue weighted by atomic mass is 10.0. The molecule has 1 N–H and O–H groups in total. The maximum Gasteiger partial charge on any atom is 0.328 e. The fourth-order valence-electron chi connectivity index (χ4n) is 3.03. The second kappa shape index (κ2) is 9.51. The number of nitrogens with one attached hydrogen (secondary N) is 1. The molecule has 3 rings (SSSR count). The summed E-state index contributed by atoms with van der Waals surface area (Å²) in [6, 6.07) is 26.5. The van der Waals surface area contributed by atoms with Crippen LogP contribution in [-0.2, 0) is 16.0 Å². The van der Waals surface area contributed by atoms with Crippen molar-refractivity contribution in [1.29, 1.82) is 0 Å². The van der Waals surface area contributed by atoms with Crippen LogP contribution in [0.15, 0.2) is 84.9 Å². The standard InChI is InChI=1S/C24H23NO3/c1-28-24(27)22(17-12-18-8-4-2-5-9-18)25-23(26)21-15-13-20(14-16-21)19-10-6-3-7-11-19/h2-11,13-16,22H,12,17H2,1H3,(H,25,26)/t22-/m1/s1. The Morgan fingerprint density at radius 1 is 0.821 bits per heavy atom. The smallest absolute Gasteiger partial charge is 0.328 e. The predicted molar refractivity (Wildman–Crippen MR) is 110 cm³/mol. The first-order valence-corrected chi connectivity index (χ1v) is 9.25. The van der Waals surface area contributed by atoms with E-state index in [2.05, 4.69) is 5.32 Å². The van der Waals surface area contributed by atoms with E-state index < -0.39 is 12.0 Å². The second-order valence-corrected chi connectivity index (χ2v) is 6.52. The molecule has 0 aliphatic heterocycles. The molecule has 3 aromatic carbocycles. The quantitative estimate of drug-likeness (QED) is 0.630. The van der Waals surface area contributed by atoms with Crippen molar-refractivity contribution in [2.75, 3.05) is 7.11 Å². The fourth-order valence-corrected chi connectivity index (χ4v) is 3.03. The average Bonchev–Trinajstić information content (AvgIpc) is 2.77. The molecule has 0 bridgehead atoms. The van der Waals surface area contributed by atoms with Gasteiger partial charge in [0.25, 0.3) is 5.91 Å². The van der Waals surface area contributed by atoms with E-state index in [1.54, 1.807) is 12.1 Å². The lowest BCUT2D eigenvalue weighted by Gasteiger charge is -2.17. The molecular weight excluding hydrogens is 350 g/mol. The summed E-state index contributed by atoms with van der Waals surface area (Å²) in [6.07, 6.45) is 1.15. The summed E-state index contributed by atoms with van der Waals surface area (Å²) in [5, 5.41) is 2.80. The zero-order chi connectivity index (χ0) is 19.8. The topological polar surface area (TPSA) is 55.4 Å². The Morgan fingerprint density at radius 2 is 1.39 bits per heavy atom. The molecule has 3 aromatic rings. The van der Waals surface area contributed by atoms with Crippen LogP contribution >= 0.6 is 0 Å². The Morgan fingerprint density at radius 3 is 2.00 bits per heavy atom. The van der Waals surface area contributed by atoms with E-state index in [0.717, 1.165) is 16.7 Å². The Hall–Kier alpha value is -3.40. The van der Waals surface area contributed by atoms with Gasteiger partial charge in [0, 0.05) is 5.56 Å². The SMILES string of the molecule is COC(=O)[C@@H](CCc1ccccc1)NC(=O)c1ccc(-c2ccccc2)cc1. The highest BCUT2D eigenvalue weighted by Gasteiger charge is 2.22. The number of esters is 1. The van der Waals surface area contributed by atoms with Crippen LogP contribution in [0.25, 0.3) is 11.1 Å². The monoisotopic (exact) mass is 373 g/mol. The number of amides is 1. The van der Waals surface area contributed by atoms with Gasteiger partial charge in [-0.1, -0.05) is 72.8 Å². The maximum absolute atomic E-state index is 12.6. The third kappa shape index (κ3) is 5.07. The minimum absolute atomic E-state index is 0.289. The molecule has 0 aliphatic carbocycles. The number of carbonyl (C=O) groups excluding carboxylic acids is 2. The zero-order valence-electron chi connectivity index (χ0n) is 15.8. The number of hydrogen-bond donors (Lipinski definition) is 1. The van der Waals surface area contributed by atoms with Crippen molar-refractivity contribution in [1.82, 2.24) is 5.32 Å². The molecule has 4 heteroatoms. The predicted octanol–water partition coefficient (Wildman–Crippen LogP) is 4.26. The largest absolute Gasteiger partial charge is 0.467 e. The molecule has 1 amide bonds. The van der Waals surface area contributed by atoms with E-state index in [0.29, 0.717) is 18.4 Å². The highest BCUT2D eigenvalue weighted by atomic mass is 16.5. The average molecular weight is 373 g/mol. The molecule has 0 heterocycles. The summed E-state index contributed by atoms with van der Waals surface area (Å²) in [5.41, 5.74) is 3.74. The van der Waals surface area contributed by atoms with Gasteiger partial charge in [-0.25, -0.2) is 4.79 Å². The van der Waals surface area contributed by atoms with Gasteiger partial charge >= 0.3 is 5.97 Å². The minimum Gasteiger partial charge on any atom is -0.467 e. The van der Waals surface area contributed by atoms with Gasteiger partial charge in [-0.3, -0.25) is 4.79 Å². The Kier molecular flexibility index (Phi) is 6.58. The van der Waals surface area contributed by atoms with Gasteiger partial charge < -0.3 is 10.1 Å². The highest BCUT2D eigenvalue weighted by Crippen LogP contribution is 2.19. The molecule has 0 aliphatic rings. The van der Waals surface area contributed by atoms with E-state index >= 15 is 0 Å². The summed E-state index contributed by atoms with van der Waals surface area (Å²) >= 11 is 0. The molecule has 0 radical (unpaired) electrons. The van der Waals surface area contributed by atoms with Crippen LogP contribution in [0.3, 0.4) is 0 Å². The van der Waals surface area contributed by atoms with Gasteiger partial charge in [0.2, 0.25) is 0 Å². The van der Waals surface area contributed by atoms with Crippen molar-refractivity contribution in [2.24, 2.45) is 0 Å². The Bertz CT molecular complexity index is 906. The highest BCUT2D eigenvalue weighted by molar-refractivity contribution is 5.97. The molecule has 142 valence electrons. The molecular formula is C24H23NO3. The van der Waals surface area contributed by atoms with Crippen molar-refractivity contribution in [2.45, 2.75) is 18.9 Å². The molecule has 0 aromatic heterocycles. The summed E-state index contributed by atoms with van der Waals surface area (Å²) < 4.78 is 4.86. The van der Waals surface area contributed by atoms with Gasteiger partial charge in [0.15, 0.2) is 0 Å².